The monoisotopic (exact) mass is 410 g/mol. The second-order valence-corrected chi connectivity index (χ2v) is 9.71. The highest BCUT2D eigenvalue weighted by Crippen LogP contribution is 2.48. The molecule has 0 aromatic heterocycles. The zero-order valence-corrected chi connectivity index (χ0v) is 16.9. The quantitative estimate of drug-likeness (QED) is 0.740. The van der Waals surface area contributed by atoms with Gasteiger partial charge in [0.05, 0.1) is 21.8 Å². The third-order valence-electron chi connectivity index (χ3n) is 5.35. The fourth-order valence-electron chi connectivity index (χ4n) is 4.14. The van der Waals surface area contributed by atoms with Crippen molar-refractivity contribution < 1.29 is 8.42 Å². The predicted octanol–water partition coefficient (Wildman–Crippen LogP) is 4.30. The molecular weight excluding hydrogens is 391 g/mol. The molecule has 138 valence electrons. The average molecular weight is 411 g/mol. The first-order valence-corrected chi connectivity index (χ1v) is 10.8. The van der Waals surface area contributed by atoms with Crippen molar-refractivity contribution in [3.05, 3.63) is 57.6 Å². The second kappa shape index (κ2) is 6.41. The normalized spacial score (nSPS) is 23.0. The maximum atomic E-state index is 13.6. The summed E-state index contributed by atoms with van der Waals surface area (Å²) in [6, 6.07) is 10.6. The van der Waals surface area contributed by atoms with Crippen molar-refractivity contribution in [1.29, 1.82) is 0 Å². The number of aryl methyl sites for hydroxylation is 1. The first-order chi connectivity index (χ1) is 12.3. The van der Waals surface area contributed by atoms with E-state index in [9.17, 15) is 8.42 Å². The fraction of sp³-hybridized carbons (Fsp3) is 0.368. The van der Waals surface area contributed by atoms with Crippen LogP contribution in [0, 0.1) is 6.92 Å². The number of likely N-dealkylation sites (N-methyl/N-ethyl adjacent to an activating group) is 1. The molecule has 1 saturated heterocycles. The lowest BCUT2D eigenvalue weighted by atomic mass is 9.89. The molecule has 0 N–H and O–H groups in total. The summed E-state index contributed by atoms with van der Waals surface area (Å²) >= 11 is 12.3. The summed E-state index contributed by atoms with van der Waals surface area (Å²) in [4.78, 5) is 2.33. The molecule has 2 aliphatic heterocycles. The number of benzene rings is 2. The van der Waals surface area contributed by atoms with Crippen LogP contribution in [0.15, 0.2) is 41.3 Å². The van der Waals surface area contributed by atoms with E-state index in [-0.39, 0.29) is 26.9 Å². The number of anilines is 1. The summed E-state index contributed by atoms with van der Waals surface area (Å²) in [6.45, 7) is 3.74. The Morgan fingerprint density at radius 2 is 1.92 bits per heavy atom. The SMILES string of the molecule is Cc1ccc2c(c1)[C@H]1CN(C)CC[C@@H]1N2S(=O)(=O)c1cccc(Cl)c1Cl. The molecule has 0 saturated carbocycles. The maximum absolute atomic E-state index is 13.6. The van der Waals surface area contributed by atoms with Gasteiger partial charge in [0.1, 0.15) is 4.90 Å². The van der Waals surface area contributed by atoms with Crippen LogP contribution in [-0.2, 0) is 10.0 Å². The van der Waals surface area contributed by atoms with Crippen molar-refractivity contribution in [2.45, 2.75) is 30.2 Å². The van der Waals surface area contributed by atoms with Crippen molar-refractivity contribution in [1.82, 2.24) is 4.90 Å². The van der Waals surface area contributed by atoms with E-state index in [4.69, 9.17) is 23.2 Å². The highest BCUT2D eigenvalue weighted by Gasteiger charge is 2.47. The first kappa shape index (κ1) is 18.1. The molecule has 7 heteroatoms. The zero-order valence-electron chi connectivity index (χ0n) is 14.6. The molecular formula is C19H20Cl2N2O2S. The molecule has 0 spiro atoms. The van der Waals surface area contributed by atoms with E-state index in [0.29, 0.717) is 0 Å². The van der Waals surface area contributed by atoms with Crippen LogP contribution >= 0.6 is 23.2 Å². The molecule has 2 aromatic rings. The molecule has 0 radical (unpaired) electrons. The van der Waals surface area contributed by atoms with Crippen LogP contribution in [-0.4, -0.2) is 39.5 Å². The van der Waals surface area contributed by atoms with Crippen molar-refractivity contribution >= 4 is 38.9 Å². The molecule has 2 atom stereocenters. The van der Waals surface area contributed by atoms with Gasteiger partial charge in [0, 0.05) is 12.5 Å². The van der Waals surface area contributed by atoms with Crippen molar-refractivity contribution in [3.63, 3.8) is 0 Å². The van der Waals surface area contributed by atoms with Crippen LogP contribution in [0.25, 0.3) is 0 Å². The number of halogens is 2. The molecule has 0 aliphatic carbocycles. The standard InChI is InChI=1S/C19H20Cl2N2O2S/c1-12-6-7-16-13(10-12)14-11-22(2)9-8-17(14)23(16)26(24,25)18-5-3-4-15(20)19(18)21/h3-7,10,14,17H,8-9,11H2,1-2H3/t14-,17+/m1/s1. The van der Waals surface area contributed by atoms with Crippen LogP contribution in [0.4, 0.5) is 5.69 Å². The van der Waals surface area contributed by atoms with Gasteiger partial charge in [-0.1, -0.05) is 47.0 Å². The van der Waals surface area contributed by atoms with Gasteiger partial charge < -0.3 is 4.90 Å². The van der Waals surface area contributed by atoms with Gasteiger partial charge in [-0.25, -0.2) is 8.42 Å². The van der Waals surface area contributed by atoms with E-state index in [1.54, 1.807) is 16.4 Å². The number of hydrogen-bond donors (Lipinski definition) is 0. The Morgan fingerprint density at radius 3 is 2.69 bits per heavy atom. The fourth-order valence-corrected chi connectivity index (χ4v) is 6.62. The Bertz CT molecular complexity index is 977. The number of fused-ring (bicyclic) bond motifs is 3. The van der Waals surface area contributed by atoms with Gasteiger partial charge in [-0.15, -0.1) is 0 Å². The first-order valence-electron chi connectivity index (χ1n) is 8.58. The lowest BCUT2D eigenvalue weighted by molar-refractivity contribution is 0.237. The summed E-state index contributed by atoms with van der Waals surface area (Å²) in [5, 5.41) is 0.329. The Hall–Kier alpha value is -1.27. The van der Waals surface area contributed by atoms with Crippen molar-refractivity contribution in [2.24, 2.45) is 0 Å². The highest BCUT2D eigenvalue weighted by atomic mass is 35.5. The van der Waals surface area contributed by atoms with E-state index < -0.39 is 10.0 Å². The molecule has 2 heterocycles. The minimum atomic E-state index is -3.81. The summed E-state index contributed by atoms with van der Waals surface area (Å²) in [5.41, 5.74) is 3.00. The number of sulfonamides is 1. The summed E-state index contributed by atoms with van der Waals surface area (Å²) < 4.78 is 28.7. The van der Waals surface area contributed by atoms with Crippen LogP contribution in [0.5, 0.6) is 0 Å². The third kappa shape index (κ3) is 2.73. The maximum Gasteiger partial charge on any atom is 0.266 e. The molecule has 4 nitrogen and oxygen atoms in total. The van der Waals surface area contributed by atoms with Gasteiger partial charge in [-0.05, 0) is 50.7 Å². The molecule has 0 amide bonds. The van der Waals surface area contributed by atoms with E-state index in [2.05, 4.69) is 18.0 Å². The summed E-state index contributed by atoms with van der Waals surface area (Å²) in [5.74, 6) is 0.163. The Kier molecular flexibility index (Phi) is 4.47. The van der Waals surface area contributed by atoms with Crippen LogP contribution in [0.3, 0.4) is 0 Å². The van der Waals surface area contributed by atoms with Gasteiger partial charge >= 0.3 is 0 Å². The van der Waals surface area contributed by atoms with Crippen molar-refractivity contribution in [2.75, 3.05) is 24.4 Å². The molecule has 2 aliphatic rings. The number of likely N-dealkylation sites (tertiary alicyclic amines) is 1. The Labute approximate surface area is 164 Å². The van der Waals surface area contributed by atoms with Gasteiger partial charge in [-0.3, -0.25) is 4.31 Å². The molecule has 2 aromatic carbocycles. The van der Waals surface area contributed by atoms with Gasteiger partial charge in [0.2, 0.25) is 0 Å². The van der Waals surface area contributed by atoms with E-state index in [1.165, 1.54) is 6.07 Å². The molecule has 26 heavy (non-hydrogen) atoms. The second-order valence-electron chi connectivity index (χ2n) is 7.14. The Morgan fingerprint density at radius 1 is 1.15 bits per heavy atom. The minimum Gasteiger partial charge on any atom is -0.306 e. The predicted molar refractivity (Wildman–Crippen MR) is 106 cm³/mol. The third-order valence-corrected chi connectivity index (χ3v) is 8.17. The molecule has 0 unspecified atom stereocenters. The number of piperidine rings is 1. The highest BCUT2D eigenvalue weighted by molar-refractivity contribution is 7.93. The smallest absolute Gasteiger partial charge is 0.266 e. The van der Waals surface area contributed by atoms with Crippen molar-refractivity contribution in [3.8, 4) is 0 Å². The lowest BCUT2D eigenvalue weighted by Gasteiger charge is -2.36. The minimum absolute atomic E-state index is 0.0674. The summed E-state index contributed by atoms with van der Waals surface area (Å²) in [7, 11) is -1.73. The van der Waals surface area contributed by atoms with Gasteiger partial charge in [-0.2, -0.15) is 0 Å². The van der Waals surface area contributed by atoms with E-state index in [1.807, 2.05) is 19.1 Å². The molecule has 4 rings (SSSR count). The van der Waals surface area contributed by atoms with Crippen LogP contribution < -0.4 is 4.31 Å². The largest absolute Gasteiger partial charge is 0.306 e. The topological polar surface area (TPSA) is 40.6 Å². The zero-order chi connectivity index (χ0) is 18.6. The lowest BCUT2D eigenvalue weighted by Crippen LogP contribution is -2.47. The van der Waals surface area contributed by atoms with Crippen LogP contribution in [0.2, 0.25) is 10.0 Å². The molecule has 0 bridgehead atoms. The van der Waals surface area contributed by atoms with Crippen LogP contribution in [0.1, 0.15) is 23.5 Å². The Balaban J connectivity index is 1.89. The number of hydrogen-bond acceptors (Lipinski definition) is 3. The molecule has 1 fully saturated rings. The van der Waals surface area contributed by atoms with E-state index >= 15 is 0 Å². The van der Waals surface area contributed by atoms with E-state index in [0.717, 1.165) is 36.3 Å². The number of nitrogens with zero attached hydrogens (tertiary/aromatic N) is 2. The van der Waals surface area contributed by atoms with Gasteiger partial charge in [0.25, 0.3) is 10.0 Å². The summed E-state index contributed by atoms with van der Waals surface area (Å²) in [6.07, 6.45) is 0.784. The van der Waals surface area contributed by atoms with Gasteiger partial charge in [0.15, 0.2) is 0 Å². The number of rotatable bonds is 2. The average Bonchev–Trinajstić information content (AvgIpc) is 2.91.